The minimum absolute atomic E-state index is 0.218. The first kappa shape index (κ1) is 16.1. The van der Waals surface area contributed by atoms with Crippen LogP contribution >= 0.6 is 15.9 Å². The normalized spacial score (nSPS) is 12.5. The Balaban J connectivity index is 2.65. The molecule has 0 bridgehead atoms. The second-order valence-electron chi connectivity index (χ2n) is 4.39. The summed E-state index contributed by atoms with van der Waals surface area (Å²) in [5.74, 6) is -0.697. The molecular formula is C16H9BrF3NO. The third-order valence-electron chi connectivity index (χ3n) is 2.97. The van der Waals surface area contributed by atoms with Gasteiger partial charge in [0, 0.05) is 10.0 Å². The minimum atomic E-state index is -4.62. The van der Waals surface area contributed by atoms with Gasteiger partial charge in [0.2, 0.25) is 0 Å². The summed E-state index contributed by atoms with van der Waals surface area (Å²) in [4.78, 5) is 0. The second kappa shape index (κ2) is 6.24. The predicted octanol–water partition coefficient (Wildman–Crippen LogP) is 5.42. The number of aliphatic hydroxyl groups excluding tert-OH is 1. The Bertz CT molecular complexity index is 758. The molecule has 2 rings (SSSR count). The molecule has 0 aliphatic rings. The third-order valence-corrected chi connectivity index (χ3v) is 3.50. The first-order chi connectivity index (χ1) is 10.3. The fourth-order valence-electron chi connectivity index (χ4n) is 1.94. The van der Waals surface area contributed by atoms with Crippen LogP contribution in [0.4, 0.5) is 13.2 Å². The lowest BCUT2D eigenvalue weighted by atomic mass is 9.98. The van der Waals surface area contributed by atoms with Crippen LogP contribution in [0.3, 0.4) is 0 Å². The van der Waals surface area contributed by atoms with Crippen LogP contribution in [0.25, 0.3) is 11.3 Å². The topological polar surface area (TPSA) is 44.0 Å². The van der Waals surface area contributed by atoms with E-state index in [0.717, 1.165) is 16.6 Å². The molecule has 0 aliphatic heterocycles. The molecule has 112 valence electrons. The number of nitriles is 1. The zero-order chi connectivity index (χ0) is 16.3. The molecule has 2 aromatic rings. The van der Waals surface area contributed by atoms with E-state index in [2.05, 4.69) is 15.9 Å². The Morgan fingerprint density at radius 1 is 1.05 bits per heavy atom. The third kappa shape index (κ3) is 3.31. The van der Waals surface area contributed by atoms with E-state index in [0.29, 0.717) is 5.56 Å². The molecule has 0 radical (unpaired) electrons. The SMILES string of the molecule is N#C/C(=C(\O)c1ccccc1C(F)(F)F)c1ccc(Br)cc1. The number of alkyl halides is 3. The van der Waals surface area contributed by atoms with E-state index >= 15 is 0 Å². The van der Waals surface area contributed by atoms with Gasteiger partial charge < -0.3 is 5.11 Å². The average molecular weight is 368 g/mol. The van der Waals surface area contributed by atoms with Gasteiger partial charge in [0.15, 0.2) is 0 Å². The highest BCUT2D eigenvalue weighted by molar-refractivity contribution is 9.10. The maximum Gasteiger partial charge on any atom is 0.417 e. The van der Waals surface area contributed by atoms with Gasteiger partial charge in [0.05, 0.1) is 5.56 Å². The van der Waals surface area contributed by atoms with Crippen molar-refractivity contribution in [2.45, 2.75) is 6.18 Å². The van der Waals surface area contributed by atoms with Gasteiger partial charge in [-0.3, -0.25) is 0 Å². The molecule has 0 saturated heterocycles. The van der Waals surface area contributed by atoms with Crippen molar-refractivity contribution in [2.75, 3.05) is 0 Å². The molecule has 0 heterocycles. The van der Waals surface area contributed by atoms with Crippen molar-refractivity contribution in [1.82, 2.24) is 0 Å². The summed E-state index contributed by atoms with van der Waals surface area (Å²) in [6.07, 6.45) is -4.62. The average Bonchev–Trinajstić information content (AvgIpc) is 2.49. The van der Waals surface area contributed by atoms with Crippen molar-refractivity contribution in [3.63, 3.8) is 0 Å². The smallest absolute Gasteiger partial charge is 0.417 e. The van der Waals surface area contributed by atoms with Crippen LogP contribution in [0.5, 0.6) is 0 Å². The van der Waals surface area contributed by atoms with Crippen LogP contribution in [0.2, 0.25) is 0 Å². The van der Waals surface area contributed by atoms with Gasteiger partial charge in [-0.15, -0.1) is 0 Å². The molecule has 0 fully saturated rings. The van der Waals surface area contributed by atoms with E-state index in [1.807, 2.05) is 0 Å². The lowest BCUT2D eigenvalue weighted by Gasteiger charge is -2.13. The highest BCUT2D eigenvalue weighted by atomic mass is 79.9. The Labute approximate surface area is 133 Å². The summed E-state index contributed by atoms with van der Waals surface area (Å²) < 4.78 is 39.8. The van der Waals surface area contributed by atoms with E-state index in [9.17, 15) is 23.5 Å². The molecule has 0 unspecified atom stereocenters. The maximum absolute atomic E-state index is 13.0. The lowest BCUT2D eigenvalue weighted by molar-refractivity contribution is -0.137. The van der Waals surface area contributed by atoms with Gasteiger partial charge in [0.1, 0.15) is 17.4 Å². The molecular weight excluding hydrogens is 359 g/mol. The Morgan fingerprint density at radius 2 is 1.64 bits per heavy atom. The second-order valence-corrected chi connectivity index (χ2v) is 5.30. The van der Waals surface area contributed by atoms with Crippen LogP contribution in [-0.4, -0.2) is 5.11 Å². The van der Waals surface area contributed by atoms with Gasteiger partial charge in [-0.1, -0.05) is 46.3 Å². The van der Waals surface area contributed by atoms with Crippen molar-refractivity contribution in [1.29, 1.82) is 5.26 Å². The molecule has 2 aromatic carbocycles. The monoisotopic (exact) mass is 367 g/mol. The first-order valence-corrected chi connectivity index (χ1v) is 6.89. The van der Waals surface area contributed by atoms with E-state index in [1.165, 1.54) is 24.3 Å². The number of hydrogen-bond donors (Lipinski definition) is 1. The summed E-state index contributed by atoms with van der Waals surface area (Å²) in [7, 11) is 0. The molecule has 0 aliphatic carbocycles. The van der Waals surface area contributed by atoms with E-state index in [-0.39, 0.29) is 5.57 Å². The summed E-state index contributed by atoms with van der Waals surface area (Å²) in [5.41, 5.74) is -1.30. The summed E-state index contributed by atoms with van der Waals surface area (Å²) >= 11 is 3.23. The fourth-order valence-corrected chi connectivity index (χ4v) is 2.21. The van der Waals surface area contributed by atoms with Crippen molar-refractivity contribution in [3.05, 3.63) is 69.7 Å². The predicted molar refractivity (Wildman–Crippen MR) is 80.6 cm³/mol. The van der Waals surface area contributed by atoms with Crippen LogP contribution in [-0.2, 0) is 6.18 Å². The zero-order valence-electron chi connectivity index (χ0n) is 11.0. The molecule has 0 amide bonds. The molecule has 1 N–H and O–H groups in total. The largest absolute Gasteiger partial charge is 0.506 e. The zero-order valence-corrected chi connectivity index (χ0v) is 12.6. The quantitative estimate of drug-likeness (QED) is 0.437. The van der Waals surface area contributed by atoms with E-state index in [4.69, 9.17) is 0 Å². The van der Waals surface area contributed by atoms with Gasteiger partial charge in [0.25, 0.3) is 0 Å². The number of rotatable bonds is 2. The number of aliphatic hydroxyl groups is 1. The number of halogens is 4. The molecule has 2 nitrogen and oxygen atoms in total. The van der Waals surface area contributed by atoms with Crippen LogP contribution < -0.4 is 0 Å². The Kier molecular flexibility index (Phi) is 4.57. The highest BCUT2D eigenvalue weighted by Crippen LogP contribution is 2.36. The fraction of sp³-hybridized carbons (Fsp3) is 0.0625. The van der Waals surface area contributed by atoms with Crippen LogP contribution in [0, 0.1) is 11.3 Å². The molecule has 0 saturated carbocycles. The van der Waals surface area contributed by atoms with E-state index in [1.54, 1.807) is 18.2 Å². The molecule has 0 spiro atoms. The lowest BCUT2D eigenvalue weighted by Crippen LogP contribution is -2.09. The number of hydrogen-bond acceptors (Lipinski definition) is 2. The Morgan fingerprint density at radius 3 is 2.18 bits per heavy atom. The van der Waals surface area contributed by atoms with Gasteiger partial charge in [-0.05, 0) is 23.8 Å². The standard InChI is InChI=1S/C16H9BrF3NO/c17-11-7-5-10(6-8-11)13(9-21)15(22)12-3-1-2-4-14(12)16(18,19)20/h1-8,22H/b15-13+. The molecule has 22 heavy (non-hydrogen) atoms. The molecule has 0 atom stereocenters. The van der Waals surface area contributed by atoms with Gasteiger partial charge >= 0.3 is 6.18 Å². The summed E-state index contributed by atoms with van der Waals surface area (Å²) in [6, 6.07) is 12.7. The number of nitrogens with zero attached hydrogens (tertiary/aromatic N) is 1. The van der Waals surface area contributed by atoms with Crippen molar-refractivity contribution < 1.29 is 18.3 Å². The van der Waals surface area contributed by atoms with Crippen molar-refractivity contribution in [2.24, 2.45) is 0 Å². The number of allylic oxidation sites excluding steroid dienone is 1. The van der Waals surface area contributed by atoms with E-state index < -0.39 is 23.1 Å². The van der Waals surface area contributed by atoms with Crippen LogP contribution in [0.1, 0.15) is 16.7 Å². The van der Waals surface area contributed by atoms with Crippen molar-refractivity contribution in [3.8, 4) is 6.07 Å². The maximum atomic E-state index is 13.0. The molecule has 6 heteroatoms. The Hall–Kier alpha value is -2.26. The minimum Gasteiger partial charge on any atom is -0.506 e. The first-order valence-electron chi connectivity index (χ1n) is 6.10. The van der Waals surface area contributed by atoms with Crippen LogP contribution in [0.15, 0.2) is 53.0 Å². The molecule has 0 aromatic heterocycles. The summed E-state index contributed by atoms with van der Waals surface area (Å²) in [6.45, 7) is 0. The highest BCUT2D eigenvalue weighted by Gasteiger charge is 2.34. The number of benzene rings is 2. The van der Waals surface area contributed by atoms with Gasteiger partial charge in [-0.2, -0.15) is 18.4 Å². The summed E-state index contributed by atoms with van der Waals surface area (Å²) in [5, 5.41) is 19.4. The van der Waals surface area contributed by atoms with Crippen molar-refractivity contribution >= 4 is 27.3 Å². The van der Waals surface area contributed by atoms with Gasteiger partial charge in [-0.25, -0.2) is 0 Å².